The molecular weight excluding hydrogens is 338 g/mol. The summed E-state index contributed by atoms with van der Waals surface area (Å²) in [6.07, 6.45) is 1.73. The molecule has 0 fully saturated rings. The Morgan fingerprint density at radius 1 is 1.40 bits per heavy atom. The van der Waals surface area contributed by atoms with Crippen LogP contribution in [-0.4, -0.2) is 15.8 Å². The van der Waals surface area contributed by atoms with Gasteiger partial charge in [0, 0.05) is 11.1 Å². The molecule has 0 bridgehead atoms. The highest BCUT2D eigenvalue weighted by molar-refractivity contribution is 9.10. The average Bonchev–Trinajstić information content (AvgIpc) is 2.66. The highest BCUT2D eigenvalue weighted by Gasteiger charge is 2.15. The van der Waals surface area contributed by atoms with E-state index in [-0.39, 0.29) is 6.04 Å². The smallest absolute Gasteiger partial charge is 0.0743 e. The quantitative estimate of drug-likeness (QED) is 0.893. The lowest BCUT2D eigenvalue weighted by Crippen LogP contribution is -2.22. The van der Waals surface area contributed by atoms with Crippen molar-refractivity contribution in [3.05, 3.63) is 44.6 Å². The van der Waals surface area contributed by atoms with Crippen LogP contribution >= 0.6 is 27.5 Å². The monoisotopic (exact) mass is 355 g/mol. The van der Waals surface area contributed by atoms with Gasteiger partial charge < -0.3 is 5.73 Å². The summed E-state index contributed by atoms with van der Waals surface area (Å²) in [5.74, 6) is 0. The van der Waals surface area contributed by atoms with Gasteiger partial charge in [0.15, 0.2) is 0 Å². The molecule has 3 nitrogen and oxygen atoms in total. The van der Waals surface area contributed by atoms with Crippen molar-refractivity contribution in [3.8, 4) is 5.69 Å². The minimum absolute atomic E-state index is 0.132. The van der Waals surface area contributed by atoms with Crippen LogP contribution < -0.4 is 5.73 Å². The van der Waals surface area contributed by atoms with Crippen LogP contribution in [0.4, 0.5) is 0 Å². The van der Waals surface area contributed by atoms with Gasteiger partial charge in [-0.3, -0.25) is 0 Å². The molecule has 2 aromatic rings. The Hall–Kier alpha value is -0.840. The maximum atomic E-state index is 6.13. The minimum Gasteiger partial charge on any atom is -0.327 e. The molecule has 1 aromatic heterocycles. The van der Waals surface area contributed by atoms with E-state index < -0.39 is 0 Å². The number of benzene rings is 1. The van der Waals surface area contributed by atoms with Crippen LogP contribution in [0.5, 0.6) is 0 Å². The number of hydrogen-bond donors (Lipinski definition) is 1. The van der Waals surface area contributed by atoms with E-state index in [4.69, 9.17) is 17.3 Å². The zero-order valence-electron chi connectivity index (χ0n) is 12.0. The molecule has 5 heteroatoms. The summed E-state index contributed by atoms with van der Waals surface area (Å²) < 4.78 is 2.99. The van der Waals surface area contributed by atoms with Crippen LogP contribution in [-0.2, 0) is 6.42 Å². The lowest BCUT2D eigenvalue weighted by Gasteiger charge is -2.15. The molecule has 1 unspecified atom stereocenters. The molecule has 1 heterocycles. The van der Waals surface area contributed by atoms with Crippen LogP contribution in [0, 0.1) is 13.8 Å². The first-order valence-electron chi connectivity index (χ1n) is 6.70. The Labute approximate surface area is 133 Å². The van der Waals surface area contributed by atoms with Crippen molar-refractivity contribution in [2.45, 2.75) is 39.7 Å². The summed E-state index contributed by atoms with van der Waals surface area (Å²) in [7, 11) is 0. The molecule has 0 aliphatic heterocycles. The fraction of sp³-hybridized carbons (Fsp3) is 0.400. The summed E-state index contributed by atoms with van der Waals surface area (Å²) in [6.45, 7) is 6.12. The zero-order valence-corrected chi connectivity index (χ0v) is 14.3. The van der Waals surface area contributed by atoms with E-state index in [2.05, 4.69) is 28.0 Å². The maximum Gasteiger partial charge on any atom is 0.0743 e. The molecule has 2 rings (SSSR count). The minimum atomic E-state index is 0.132. The van der Waals surface area contributed by atoms with Crippen LogP contribution in [0.15, 0.2) is 22.7 Å². The Morgan fingerprint density at radius 3 is 2.65 bits per heavy atom. The van der Waals surface area contributed by atoms with Gasteiger partial charge in [0.1, 0.15) is 0 Å². The molecule has 20 heavy (non-hydrogen) atoms. The Balaban J connectivity index is 2.52. The first-order valence-corrected chi connectivity index (χ1v) is 7.87. The van der Waals surface area contributed by atoms with Crippen molar-refractivity contribution in [2.75, 3.05) is 0 Å². The summed E-state index contributed by atoms with van der Waals surface area (Å²) in [4.78, 5) is 0. The molecule has 0 amide bonds. The third-order valence-electron chi connectivity index (χ3n) is 3.48. The van der Waals surface area contributed by atoms with Gasteiger partial charge in [0.05, 0.1) is 21.5 Å². The molecule has 1 atom stereocenters. The van der Waals surface area contributed by atoms with Crippen molar-refractivity contribution in [1.29, 1.82) is 0 Å². The first-order chi connectivity index (χ1) is 9.43. The third-order valence-corrected chi connectivity index (χ3v) is 4.86. The highest BCUT2D eigenvalue weighted by Crippen LogP contribution is 2.27. The fourth-order valence-corrected chi connectivity index (χ4v) is 2.65. The number of nitrogens with two attached hydrogens (primary N) is 1. The largest absolute Gasteiger partial charge is 0.327 e. The number of nitrogens with zero attached hydrogens (tertiary/aromatic N) is 2. The number of hydrogen-bond acceptors (Lipinski definition) is 2. The standard InChI is InChI=1S/C15H19BrClN3/c1-4-13(18)8-11-7-12(17)5-6-14(11)20-10(3)15(16)9(2)19-20/h5-7,13H,4,8,18H2,1-3H3. The molecule has 2 N–H and O–H groups in total. The number of halogens is 2. The molecule has 1 aromatic carbocycles. The molecule has 0 aliphatic rings. The second-order valence-electron chi connectivity index (χ2n) is 5.04. The van der Waals surface area contributed by atoms with Gasteiger partial charge in [-0.15, -0.1) is 0 Å². The van der Waals surface area contributed by atoms with E-state index in [0.29, 0.717) is 0 Å². The number of aromatic nitrogens is 2. The molecule has 0 saturated carbocycles. The molecule has 108 valence electrons. The predicted molar refractivity (Wildman–Crippen MR) is 87.7 cm³/mol. The second-order valence-corrected chi connectivity index (χ2v) is 6.27. The molecule has 0 spiro atoms. The number of rotatable bonds is 4. The zero-order chi connectivity index (χ0) is 14.9. The Kier molecular flexibility index (Phi) is 4.89. The highest BCUT2D eigenvalue weighted by atomic mass is 79.9. The van der Waals surface area contributed by atoms with Gasteiger partial charge in [-0.2, -0.15) is 5.10 Å². The van der Waals surface area contributed by atoms with Gasteiger partial charge in [0.2, 0.25) is 0 Å². The predicted octanol–water partition coefficient (Wildman–Crippen LogP) is 4.18. The lowest BCUT2D eigenvalue weighted by molar-refractivity contribution is 0.641. The lowest BCUT2D eigenvalue weighted by atomic mass is 10.0. The average molecular weight is 357 g/mol. The van der Waals surface area contributed by atoms with Crippen LogP contribution in [0.25, 0.3) is 5.69 Å². The number of aryl methyl sites for hydroxylation is 1. The summed E-state index contributed by atoms with van der Waals surface area (Å²) in [6, 6.07) is 6.01. The van der Waals surface area contributed by atoms with Gasteiger partial charge in [-0.25, -0.2) is 4.68 Å². The van der Waals surface area contributed by atoms with Crippen LogP contribution in [0.2, 0.25) is 5.02 Å². The van der Waals surface area contributed by atoms with E-state index in [9.17, 15) is 0 Å². The van der Waals surface area contributed by atoms with Gasteiger partial charge >= 0.3 is 0 Å². The Bertz CT molecular complexity index is 622. The van der Waals surface area contributed by atoms with E-state index in [0.717, 1.165) is 45.0 Å². The van der Waals surface area contributed by atoms with Crippen molar-refractivity contribution in [1.82, 2.24) is 9.78 Å². The molecular formula is C15H19BrClN3. The maximum absolute atomic E-state index is 6.13. The summed E-state index contributed by atoms with van der Waals surface area (Å²) >= 11 is 9.69. The summed E-state index contributed by atoms with van der Waals surface area (Å²) in [5.41, 5.74) is 10.3. The first kappa shape index (κ1) is 15.5. The molecule has 0 aliphatic carbocycles. The molecule has 0 radical (unpaired) electrons. The van der Waals surface area contributed by atoms with Gasteiger partial charge in [-0.05, 0) is 66.4 Å². The SMILES string of the molecule is CCC(N)Cc1cc(Cl)ccc1-n1nc(C)c(Br)c1C. The third kappa shape index (κ3) is 3.08. The van der Waals surface area contributed by atoms with Crippen LogP contribution in [0.1, 0.15) is 30.3 Å². The van der Waals surface area contributed by atoms with Crippen molar-refractivity contribution >= 4 is 27.5 Å². The van der Waals surface area contributed by atoms with Gasteiger partial charge in [0.25, 0.3) is 0 Å². The van der Waals surface area contributed by atoms with Crippen molar-refractivity contribution in [2.24, 2.45) is 5.73 Å². The summed E-state index contributed by atoms with van der Waals surface area (Å²) in [5, 5.41) is 5.32. The normalized spacial score (nSPS) is 12.7. The van der Waals surface area contributed by atoms with E-state index in [1.807, 2.05) is 36.7 Å². The van der Waals surface area contributed by atoms with Crippen molar-refractivity contribution < 1.29 is 0 Å². The van der Waals surface area contributed by atoms with E-state index in [1.54, 1.807) is 0 Å². The molecule has 0 saturated heterocycles. The van der Waals surface area contributed by atoms with Crippen LogP contribution in [0.3, 0.4) is 0 Å². The van der Waals surface area contributed by atoms with Gasteiger partial charge in [-0.1, -0.05) is 18.5 Å². The van der Waals surface area contributed by atoms with E-state index >= 15 is 0 Å². The van der Waals surface area contributed by atoms with E-state index in [1.165, 1.54) is 0 Å². The van der Waals surface area contributed by atoms with Crippen molar-refractivity contribution in [3.63, 3.8) is 0 Å². The fourth-order valence-electron chi connectivity index (χ4n) is 2.21. The Morgan fingerprint density at radius 2 is 2.10 bits per heavy atom. The topological polar surface area (TPSA) is 43.8 Å². The second kappa shape index (κ2) is 6.29.